The van der Waals surface area contributed by atoms with Crippen LogP contribution in [0, 0.1) is 0 Å². The van der Waals surface area contributed by atoms with E-state index in [-0.39, 0.29) is 11.1 Å². The Balaban J connectivity index is 2.16. The molecule has 0 saturated carbocycles. The van der Waals surface area contributed by atoms with Crippen molar-refractivity contribution in [2.45, 2.75) is 12.8 Å². The highest BCUT2D eigenvalue weighted by molar-refractivity contribution is 5.91. The maximum atomic E-state index is 11.1. The molecule has 0 unspecified atom stereocenters. The lowest BCUT2D eigenvalue weighted by molar-refractivity contribution is 0.0682. The second-order valence-electron chi connectivity index (χ2n) is 5.18. The van der Waals surface area contributed by atoms with E-state index in [2.05, 4.69) is 0 Å². The molecule has 2 rings (SSSR count). The van der Waals surface area contributed by atoms with Gasteiger partial charge in [-0.05, 0) is 48.2 Å². The fraction of sp³-hybridized carbons (Fsp3) is 0.222. The molecule has 2 N–H and O–H groups in total. The monoisotopic (exact) mass is 330 g/mol. The van der Waals surface area contributed by atoms with E-state index in [4.69, 9.17) is 19.7 Å². The fourth-order valence-corrected chi connectivity index (χ4v) is 2.42. The van der Waals surface area contributed by atoms with Crippen molar-refractivity contribution in [1.29, 1.82) is 0 Å². The number of carboxylic acid groups (broad SMARTS) is 2. The maximum absolute atomic E-state index is 11.1. The minimum atomic E-state index is -1.03. The van der Waals surface area contributed by atoms with Crippen molar-refractivity contribution in [3.05, 3.63) is 58.7 Å². The van der Waals surface area contributed by atoms with E-state index in [9.17, 15) is 9.59 Å². The Kier molecular flexibility index (Phi) is 5.42. The highest BCUT2D eigenvalue weighted by Crippen LogP contribution is 2.23. The van der Waals surface area contributed by atoms with Gasteiger partial charge in [-0.1, -0.05) is 12.1 Å². The summed E-state index contributed by atoms with van der Waals surface area (Å²) in [6.45, 7) is 0. The fourth-order valence-electron chi connectivity index (χ4n) is 2.42. The van der Waals surface area contributed by atoms with Gasteiger partial charge in [0, 0.05) is 0 Å². The quantitative estimate of drug-likeness (QED) is 0.811. The van der Waals surface area contributed by atoms with Crippen LogP contribution in [0.1, 0.15) is 31.8 Å². The van der Waals surface area contributed by atoms with Crippen molar-refractivity contribution < 1.29 is 29.3 Å². The maximum Gasteiger partial charge on any atom is 0.339 e. The lowest BCUT2D eigenvalue weighted by Crippen LogP contribution is -2.03. The number of rotatable bonds is 7. The van der Waals surface area contributed by atoms with Crippen molar-refractivity contribution in [1.82, 2.24) is 0 Å². The first-order chi connectivity index (χ1) is 11.5. The lowest BCUT2D eigenvalue weighted by atomic mass is 10.0. The van der Waals surface area contributed by atoms with Crippen molar-refractivity contribution in [3.8, 4) is 11.5 Å². The number of aryl methyl sites for hydroxylation is 2. The number of carbonyl (C=O) groups is 2. The zero-order valence-corrected chi connectivity index (χ0v) is 13.4. The van der Waals surface area contributed by atoms with Gasteiger partial charge >= 0.3 is 11.9 Å². The summed E-state index contributed by atoms with van der Waals surface area (Å²) >= 11 is 0. The van der Waals surface area contributed by atoms with Crippen LogP contribution in [-0.2, 0) is 12.8 Å². The topological polar surface area (TPSA) is 93.1 Å². The van der Waals surface area contributed by atoms with Crippen LogP contribution in [0.2, 0.25) is 0 Å². The van der Waals surface area contributed by atoms with E-state index in [1.807, 2.05) is 0 Å². The van der Waals surface area contributed by atoms with E-state index < -0.39 is 11.9 Å². The molecule has 0 aliphatic carbocycles. The molecule has 126 valence electrons. The number of methoxy groups -OCH3 is 2. The van der Waals surface area contributed by atoms with Crippen LogP contribution in [0.3, 0.4) is 0 Å². The highest BCUT2D eigenvalue weighted by atomic mass is 16.5. The van der Waals surface area contributed by atoms with Crippen LogP contribution >= 0.6 is 0 Å². The third-order valence-corrected chi connectivity index (χ3v) is 3.70. The average Bonchev–Trinajstić information content (AvgIpc) is 2.58. The molecule has 0 saturated heterocycles. The van der Waals surface area contributed by atoms with Gasteiger partial charge < -0.3 is 19.7 Å². The molecule has 0 fully saturated rings. The minimum absolute atomic E-state index is 0.119. The molecule has 2 aromatic rings. The predicted octanol–water partition coefficient (Wildman–Crippen LogP) is 2.89. The Morgan fingerprint density at radius 2 is 1.17 bits per heavy atom. The van der Waals surface area contributed by atoms with Crippen LogP contribution < -0.4 is 9.47 Å². The van der Waals surface area contributed by atoms with E-state index in [0.717, 1.165) is 11.1 Å². The number of aromatic carboxylic acids is 2. The summed E-state index contributed by atoms with van der Waals surface area (Å²) in [4.78, 5) is 22.2. The molecule has 0 aliphatic rings. The first-order valence-electron chi connectivity index (χ1n) is 7.26. The molecule has 24 heavy (non-hydrogen) atoms. The van der Waals surface area contributed by atoms with Gasteiger partial charge in [0.2, 0.25) is 0 Å². The van der Waals surface area contributed by atoms with Gasteiger partial charge in [0.25, 0.3) is 0 Å². The Bertz CT molecular complexity index is 701. The Morgan fingerprint density at radius 1 is 0.792 bits per heavy atom. The van der Waals surface area contributed by atoms with Crippen LogP contribution in [-0.4, -0.2) is 36.4 Å². The van der Waals surface area contributed by atoms with Crippen molar-refractivity contribution in [2.24, 2.45) is 0 Å². The molecule has 2 aromatic carbocycles. The largest absolute Gasteiger partial charge is 0.496 e. The van der Waals surface area contributed by atoms with E-state index >= 15 is 0 Å². The van der Waals surface area contributed by atoms with E-state index in [1.54, 1.807) is 24.3 Å². The van der Waals surface area contributed by atoms with Gasteiger partial charge in [-0.3, -0.25) is 0 Å². The van der Waals surface area contributed by atoms with Crippen molar-refractivity contribution in [3.63, 3.8) is 0 Å². The van der Waals surface area contributed by atoms with E-state index in [1.165, 1.54) is 26.4 Å². The minimum Gasteiger partial charge on any atom is -0.496 e. The van der Waals surface area contributed by atoms with E-state index in [0.29, 0.717) is 24.3 Å². The zero-order chi connectivity index (χ0) is 17.7. The van der Waals surface area contributed by atoms with Crippen molar-refractivity contribution >= 4 is 11.9 Å². The molecule has 6 heteroatoms. The third kappa shape index (κ3) is 3.84. The lowest BCUT2D eigenvalue weighted by Gasteiger charge is -2.10. The Labute approximate surface area is 139 Å². The highest BCUT2D eigenvalue weighted by Gasteiger charge is 2.13. The Morgan fingerprint density at radius 3 is 1.46 bits per heavy atom. The number of carboxylic acids is 2. The second kappa shape index (κ2) is 7.50. The summed E-state index contributed by atoms with van der Waals surface area (Å²) in [7, 11) is 2.86. The number of hydrogen-bond acceptors (Lipinski definition) is 4. The SMILES string of the molecule is COc1cc(CCc2ccc(C(=O)O)c(OC)c2)ccc1C(=O)O. The van der Waals surface area contributed by atoms with Gasteiger partial charge in [0.15, 0.2) is 0 Å². The predicted molar refractivity (Wildman–Crippen MR) is 87.3 cm³/mol. The van der Waals surface area contributed by atoms with Gasteiger partial charge in [0.1, 0.15) is 22.6 Å². The smallest absolute Gasteiger partial charge is 0.339 e. The molecular formula is C18H18O6. The summed E-state index contributed by atoms with van der Waals surface area (Å²) in [6.07, 6.45) is 1.32. The molecule has 0 bridgehead atoms. The first-order valence-corrected chi connectivity index (χ1v) is 7.26. The molecular weight excluding hydrogens is 312 g/mol. The molecule has 0 atom stereocenters. The van der Waals surface area contributed by atoms with Gasteiger partial charge in [-0.25, -0.2) is 9.59 Å². The molecule has 0 amide bonds. The molecule has 0 aliphatic heterocycles. The van der Waals surface area contributed by atoms with Crippen LogP contribution in [0.5, 0.6) is 11.5 Å². The number of benzene rings is 2. The Hall–Kier alpha value is -3.02. The van der Waals surface area contributed by atoms with Gasteiger partial charge in [-0.15, -0.1) is 0 Å². The molecule has 0 aromatic heterocycles. The molecule has 6 nitrogen and oxygen atoms in total. The summed E-state index contributed by atoms with van der Waals surface area (Å²) in [5.74, 6) is -1.43. The molecule has 0 spiro atoms. The molecule has 0 heterocycles. The first kappa shape index (κ1) is 17.3. The summed E-state index contributed by atoms with van der Waals surface area (Å²) in [5.41, 5.74) is 2.10. The number of hydrogen-bond donors (Lipinski definition) is 2. The summed E-state index contributed by atoms with van der Waals surface area (Å²) in [6, 6.07) is 9.93. The van der Waals surface area contributed by atoms with Gasteiger partial charge in [-0.2, -0.15) is 0 Å². The van der Waals surface area contributed by atoms with Crippen LogP contribution in [0.25, 0.3) is 0 Å². The standard InChI is InChI=1S/C18H18O6/c1-23-15-9-11(5-7-13(15)17(19)20)3-4-12-6-8-14(18(21)22)16(10-12)24-2/h5-10H,3-4H2,1-2H3,(H,19,20)(H,21,22). The summed E-state index contributed by atoms with van der Waals surface area (Å²) in [5, 5.41) is 18.2. The summed E-state index contributed by atoms with van der Waals surface area (Å²) < 4.78 is 10.2. The number of ether oxygens (including phenoxy) is 2. The zero-order valence-electron chi connectivity index (χ0n) is 13.4. The van der Waals surface area contributed by atoms with Gasteiger partial charge in [0.05, 0.1) is 14.2 Å². The third-order valence-electron chi connectivity index (χ3n) is 3.70. The second-order valence-corrected chi connectivity index (χ2v) is 5.18. The van der Waals surface area contributed by atoms with Crippen LogP contribution in [0.4, 0.5) is 0 Å². The normalized spacial score (nSPS) is 10.2. The van der Waals surface area contributed by atoms with Crippen molar-refractivity contribution in [2.75, 3.05) is 14.2 Å². The average molecular weight is 330 g/mol. The molecule has 0 radical (unpaired) electrons. The van der Waals surface area contributed by atoms with Crippen LogP contribution in [0.15, 0.2) is 36.4 Å².